The smallest absolute Gasteiger partial charge is 0.139 e. The third-order valence-electron chi connectivity index (χ3n) is 2.22. The van der Waals surface area contributed by atoms with Crippen LogP contribution < -0.4 is 10.6 Å². The van der Waals surface area contributed by atoms with Crippen molar-refractivity contribution in [3.05, 3.63) is 22.4 Å². The number of halogens is 2. The third-order valence-corrected chi connectivity index (χ3v) is 2.83. The van der Waals surface area contributed by atoms with Crippen molar-refractivity contribution < 1.29 is 4.39 Å². The molecule has 4 heteroatoms. The van der Waals surface area contributed by atoms with Crippen molar-refractivity contribution >= 4 is 27.3 Å². The molecule has 1 rings (SSSR count). The molecule has 0 saturated carbocycles. The van der Waals surface area contributed by atoms with Crippen molar-refractivity contribution in [2.24, 2.45) is 0 Å². The zero-order chi connectivity index (χ0) is 10.9. The molecule has 2 nitrogen and oxygen atoms in total. The Morgan fingerprint density at radius 3 is 2.50 bits per heavy atom. The topological polar surface area (TPSA) is 29.3 Å². The van der Waals surface area contributed by atoms with Gasteiger partial charge in [0.1, 0.15) is 5.82 Å². The number of hydrogen-bond donors (Lipinski definition) is 1. The van der Waals surface area contributed by atoms with E-state index in [9.17, 15) is 4.39 Å². The summed E-state index contributed by atoms with van der Waals surface area (Å²) in [5.41, 5.74) is 7.03. The molecule has 0 aliphatic heterocycles. The van der Waals surface area contributed by atoms with Crippen LogP contribution in [0.5, 0.6) is 0 Å². The molecule has 0 aromatic heterocycles. The summed E-state index contributed by atoms with van der Waals surface area (Å²) in [7, 11) is 1.93. The van der Waals surface area contributed by atoms with Crippen LogP contribution in [-0.2, 0) is 0 Å². The molecule has 0 atom stereocenters. The lowest BCUT2D eigenvalue weighted by Gasteiger charge is -2.25. The molecule has 0 unspecified atom stereocenters. The minimum atomic E-state index is -0.330. The molecule has 0 heterocycles. The maximum absolute atomic E-state index is 13.1. The van der Waals surface area contributed by atoms with E-state index in [2.05, 4.69) is 29.8 Å². The second-order valence-electron chi connectivity index (χ2n) is 3.53. The number of nitrogen functional groups attached to an aromatic ring is 1. The number of benzene rings is 1. The van der Waals surface area contributed by atoms with E-state index in [-0.39, 0.29) is 5.82 Å². The van der Waals surface area contributed by atoms with Gasteiger partial charge in [0.05, 0.1) is 15.8 Å². The maximum Gasteiger partial charge on any atom is 0.139 e. The van der Waals surface area contributed by atoms with E-state index in [1.54, 1.807) is 6.07 Å². The fourth-order valence-electron chi connectivity index (χ4n) is 1.14. The van der Waals surface area contributed by atoms with E-state index < -0.39 is 0 Å². The van der Waals surface area contributed by atoms with Crippen molar-refractivity contribution in [2.75, 3.05) is 17.7 Å². The minimum Gasteiger partial charge on any atom is -0.397 e. The number of anilines is 2. The third kappa shape index (κ3) is 2.18. The van der Waals surface area contributed by atoms with Crippen molar-refractivity contribution in [1.82, 2.24) is 0 Å². The zero-order valence-corrected chi connectivity index (χ0v) is 10.1. The van der Waals surface area contributed by atoms with Crippen molar-refractivity contribution in [1.29, 1.82) is 0 Å². The van der Waals surface area contributed by atoms with Gasteiger partial charge in [0.25, 0.3) is 0 Å². The largest absolute Gasteiger partial charge is 0.397 e. The highest BCUT2D eigenvalue weighted by Gasteiger charge is 2.11. The first-order valence-electron chi connectivity index (χ1n) is 4.41. The number of nitrogens with zero attached hydrogens (tertiary/aromatic N) is 1. The van der Waals surface area contributed by atoms with E-state index >= 15 is 0 Å². The molecule has 0 fully saturated rings. The second-order valence-corrected chi connectivity index (χ2v) is 4.38. The Balaban J connectivity index is 3.15. The van der Waals surface area contributed by atoms with Gasteiger partial charge in [0.15, 0.2) is 0 Å². The van der Waals surface area contributed by atoms with Gasteiger partial charge in [-0.25, -0.2) is 4.39 Å². The van der Waals surface area contributed by atoms with Crippen LogP contribution in [0.2, 0.25) is 0 Å². The van der Waals surface area contributed by atoms with Gasteiger partial charge >= 0.3 is 0 Å². The standard InChI is InChI=1S/C10H14BrFN2/c1-6(2)14(3)10-4-7(11)8(12)5-9(10)13/h4-6H,13H2,1-3H3. The van der Waals surface area contributed by atoms with Gasteiger partial charge in [-0.05, 0) is 35.8 Å². The Bertz CT molecular complexity index is 339. The Labute approximate surface area is 92.0 Å². The van der Waals surface area contributed by atoms with Crippen LogP contribution >= 0.6 is 15.9 Å². The Kier molecular flexibility index (Phi) is 3.37. The quantitative estimate of drug-likeness (QED) is 0.829. The molecule has 1 aromatic carbocycles. The molecule has 2 N–H and O–H groups in total. The van der Waals surface area contributed by atoms with Crippen LogP contribution in [0.25, 0.3) is 0 Å². The fourth-order valence-corrected chi connectivity index (χ4v) is 1.47. The molecule has 0 radical (unpaired) electrons. The summed E-state index contributed by atoms with van der Waals surface area (Å²) in [5.74, 6) is -0.330. The first-order valence-corrected chi connectivity index (χ1v) is 5.20. The lowest BCUT2D eigenvalue weighted by molar-refractivity contribution is 0.621. The average Bonchev–Trinajstić information content (AvgIpc) is 2.10. The monoisotopic (exact) mass is 260 g/mol. The highest BCUT2D eigenvalue weighted by molar-refractivity contribution is 9.10. The molecule has 0 amide bonds. The van der Waals surface area contributed by atoms with Gasteiger partial charge in [-0.1, -0.05) is 0 Å². The molecule has 0 saturated heterocycles. The average molecular weight is 261 g/mol. The van der Waals surface area contributed by atoms with Crippen LogP contribution in [0.3, 0.4) is 0 Å². The molecular formula is C10H14BrFN2. The number of rotatable bonds is 2. The van der Waals surface area contributed by atoms with Crippen LogP contribution in [0.4, 0.5) is 15.8 Å². The zero-order valence-electron chi connectivity index (χ0n) is 8.51. The van der Waals surface area contributed by atoms with Crippen LogP contribution in [0.15, 0.2) is 16.6 Å². The van der Waals surface area contributed by atoms with Gasteiger partial charge in [-0.3, -0.25) is 0 Å². The lowest BCUT2D eigenvalue weighted by Crippen LogP contribution is -2.26. The Morgan fingerprint density at radius 2 is 2.00 bits per heavy atom. The fraction of sp³-hybridized carbons (Fsp3) is 0.400. The first-order chi connectivity index (χ1) is 6.43. The summed E-state index contributed by atoms with van der Waals surface area (Å²) in [6, 6.07) is 3.36. The molecule has 78 valence electrons. The van der Waals surface area contributed by atoms with Gasteiger partial charge in [0.2, 0.25) is 0 Å². The summed E-state index contributed by atoms with van der Waals surface area (Å²) < 4.78 is 13.5. The Morgan fingerprint density at radius 1 is 1.43 bits per heavy atom. The van der Waals surface area contributed by atoms with E-state index in [1.807, 2.05) is 11.9 Å². The molecule has 1 aromatic rings. The Hall–Kier alpha value is -0.770. The molecule has 0 bridgehead atoms. The summed E-state index contributed by atoms with van der Waals surface area (Å²) in [4.78, 5) is 2.00. The minimum absolute atomic E-state index is 0.328. The van der Waals surface area contributed by atoms with E-state index in [1.165, 1.54) is 6.07 Å². The second kappa shape index (κ2) is 4.17. The molecule has 14 heavy (non-hydrogen) atoms. The maximum atomic E-state index is 13.1. The normalized spacial score (nSPS) is 10.7. The predicted octanol–water partition coefficient (Wildman–Crippen LogP) is 3.02. The van der Waals surface area contributed by atoms with Gasteiger partial charge in [-0.2, -0.15) is 0 Å². The summed E-state index contributed by atoms with van der Waals surface area (Å²) in [6.07, 6.45) is 0. The van der Waals surface area contributed by atoms with E-state index in [4.69, 9.17) is 5.73 Å². The van der Waals surface area contributed by atoms with Gasteiger partial charge in [0, 0.05) is 19.2 Å². The first kappa shape index (κ1) is 11.3. The summed E-state index contributed by atoms with van der Waals surface area (Å²) in [6.45, 7) is 4.10. The summed E-state index contributed by atoms with van der Waals surface area (Å²) in [5, 5.41) is 0. The highest BCUT2D eigenvalue weighted by atomic mass is 79.9. The van der Waals surface area contributed by atoms with E-state index in [0.717, 1.165) is 5.69 Å². The van der Waals surface area contributed by atoms with Crippen molar-refractivity contribution in [2.45, 2.75) is 19.9 Å². The molecule has 0 spiro atoms. The van der Waals surface area contributed by atoms with Crippen molar-refractivity contribution in [3.8, 4) is 0 Å². The van der Waals surface area contributed by atoms with E-state index in [0.29, 0.717) is 16.2 Å². The highest BCUT2D eigenvalue weighted by Crippen LogP contribution is 2.29. The van der Waals surface area contributed by atoms with Gasteiger partial charge in [-0.15, -0.1) is 0 Å². The predicted molar refractivity (Wildman–Crippen MR) is 62.1 cm³/mol. The van der Waals surface area contributed by atoms with Gasteiger partial charge < -0.3 is 10.6 Å². The molecule has 0 aliphatic carbocycles. The SMILES string of the molecule is CC(C)N(C)c1cc(Br)c(F)cc1N. The lowest BCUT2D eigenvalue weighted by atomic mass is 10.2. The number of hydrogen-bond acceptors (Lipinski definition) is 2. The summed E-state index contributed by atoms with van der Waals surface area (Å²) >= 11 is 3.14. The number of nitrogens with two attached hydrogens (primary N) is 1. The van der Waals surface area contributed by atoms with Crippen LogP contribution in [0.1, 0.15) is 13.8 Å². The van der Waals surface area contributed by atoms with Crippen LogP contribution in [-0.4, -0.2) is 13.1 Å². The van der Waals surface area contributed by atoms with Crippen LogP contribution in [0, 0.1) is 5.82 Å². The molecular weight excluding hydrogens is 247 g/mol. The van der Waals surface area contributed by atoms with Crippen molar-refractivity contribution in [3.63, 3.8) is 0 Å². The molecule has 0 aliphatic rings.